The number of hydrogen-bond donors (Lipinski definition) is 3. The Morgan fingerprint density at radius 1 is 1.35 bits per heavy atom. The summed E-state index contributed by atoms with van der Waals surface area (Å²) in [6.45, 7) is 1.91. The van der Waals surface area contributed by atoms with E-state index in [0.29, 0.717) is 6.54 Å². The van der Waals surface area contributed by atoms with Gasteiger partial charge in [0, 0.05) is 18.8 Å². The van der Waals surface area contributed by atoms with Crippen LogP contribution in [0.25, 0.3) is 0 Å². The van der Waals surface area contributed by atoms with E-state index in [-0.39, 0.29) is 17.6 Å². The lowest BCUT2D eigenvalue weighted by atomic mass is 9.66. The highest BCUT2D eigenvalue weighted by Gasteiger charge is 2.39. The second-order valence-corrected chi connectivity index (χ2v) is 7.93. The number of carboxylic acid groups (broad SMARTS) is 1. The van der Waals surface area contributed by atoms with Gasteiger partial charge >= 0.3 is 12.0 Å². The first kappa shape index (κ1) is 16.7. The molecule has 116 valence electrons. The molecule has 7 nitrogen and oxygen atoms in total. The molecule has 3 N–H and O–H groups in total. The highest BCUT2D eigenvalue weighted by Crippen LogP contribution is 2.43. The fraction of sp³-hybridized carbons (Fsp3) is 0.833. The Labute approximate surface area is 119 Å². The molecule has 0 saturated heterocycles. The lowest BCUT2D eigenvalue weighted by Crippen LogP contribution is -2.49. The van der Waals surface area contributed by atoms with Crippen molar-refractivity contribution in [1.29, 1.82) is 0 Å². The summed E-state index contributed by atoms with van der Waals surface area (Å²) in [5, 5.41) is 14.0. The van der Waals surface area contributed by atoms with Gasteiger partial charge in [0.2, 0.25) is 0 Å². The van der Waals surface area contributed by atoms with E-state index in [1.807, 2.05) is 0 Å². The molecule has 1 fully saturated rings. The van der Waals surface area contributed by atoms with Crippen LogP contribution in [0.1, 0.15) is 32.6 Å². The molecule has 0 aromatic heterocycles. The summed E-state index contributed by atoms with van der Waals surface area (Å²) in [5.74, 6) is -0.988. The predicted octanol–water partition coefficient (Wildman–Crippen LogP) is 0.364. The second kappa shape index (κ2) is 6.43. The van der Waals surface area contributed by atoms with Crippen LogP contribution in [-0.4, -0.2) is 50.1 Å². The van der Waals surface area contributed by atoms with E-state index >= 15 is 0 Å². The van der Waals surface area contributed by atoms with Crippen LogP contribution >= 0.6 is 0 Å². The highest BCUT2D eigenvalue weighted by atomic mass is 32.2. The van der Waals surface area contributed by atoms with Crippen LogP contribution in [0, 0.1) is 5.41 Å². The number of carboxylic acids is 1. The third-order valence-corrected chi connectivity index (χ3v) is 4.60. The molecule has 20 heavy (non-hydrogen) atoms. The van der Waals surface area contributed by atoms with E-state index in [1.165, 1.54) is 0 Å². The highest BCUT2D eigenvalue weighted by molar-refractivity contribution is 7.90. The number of hydrogen-bond acceptors (Lipinski definition) is 4. The van der Waals surface area contributed by atoms with Crippen molar-refractivity contribution < 1.29 is 23.1 Å². The molecule has 0 aromatic carbocycles. The van der Waals surface area contributed by atoms with Gasteiger partial charge in [-0.15, -0.1) is 0 Å². The summed E-state index contributed by atoms with van der Waals surface area (Å²) >= 11 is 0. The van der Waals surface area contributed by atoms with E-state index in [9.17, 15) is 18.0 Å². The van der Waals surface area contributed by atoms with Gasteiger partial charge in [-0.1, -0.05) is 6.42 Å². The number of nitrogens with one attached hydrogen (secondary N) is 2. The molecule has 1 saturated carbocycles. The second-order valence-electron chi connectivity index (χ2n) is 5.74. The van der Waals surface area contributed by atoms with Crippen LogP contribution in [-0.2, 0) is 14.6 Å². The maximum absolute atomic E-state index is 11.6. The van der Waals surface area contributed by atoms with E-state index in [2.05, 4.69) is 10.6 Å². The summed E-state index contributed by atoms with van der Waals surface area (Å²) in [5.41, 5.74) is -0.344. The number of sulfone groups is 1. The van der Waals surface area contributed by atoms with E-state index in [1.54, 1.807) is 6.92 Å². The van der Waals surface area contributed by atoms with Gasteiger partial charge in [-0.05, 0) is 25.2 Å². The first-order chi connectivity index (χ1) is 9.12. The normalized spacial score (nSPS) is 18.7. The Morgan fingerprint density at radius 2 is 1.95 bits per heavy atom. The standard InChI is InChI=1S/C12H22N2O5S/c1-9(7-20(2,18)19)14-11(17)13-8-12(4-3-5-12)6-10(15)16/h9H,3-8H2,1-2H3,(H,15,16)(H2,13,14,17). The van der Waals surface area contributed by atoms with E-state index in [4.69, 9.17) is 5.11 Å². The molecule has 1 rings (SSSR count). The first-order valence-electron chi connectivity index (χ1n) is 6.56. The zero-order valence-corrected chi connectivity index (χ0v) is 12.6. The number of aliphatic carboxylic acids is 1. The van der Waals surface area contributed by atoms with Gasteiger partial charge in [0.15, 0.2) is 0 Å². The fourth-order valence-electron chi connectivity index (χ4n) is 2.45. The van der Waals surface area contributed by atoms with Crippen LogP contribution in [0.4, 0.5) is 4.79 Å². The number of carbonyl (C=O) groups is 2. The molecule has 8 heteroatoms. The zero-order chi connectivity index (χ0) is 15.4. The van der Waals surface area contributed by atoms with Crippen molar-refractivity contribution in [2.75, 3.05) is 18.6 Å². The smallest absolute Gasteiger partial charge is 0.315 e. The van der Waals surface area contributed by atoms with Crippen LogP contribution in [0.15, 0.2) is 0 Å². The molecule has 0 heterocycles. The molecule has 1 aliphatic carbocycles. The van der Waals surface area contributed by atoms with Crippen LogP contribution in [0.2, 0.25) is 0 Å². The SMILES string of the molecule is CC(CS(C)(=O)=O)NC(=O)NCC1(CC(=O)O)CCC1. The molecule has 2 amide bonds. The maximum atomic E-state index is 11.6. The van der Waals surface area contributed by atoms with Gasteiger partial charge in [-0.2, -0.15) is 0 Å². The zero-order valence-electron chi connectivity index (χ0n) is 11.8. The minimum atomic E-state index is -3.14. The number of carbonyl (C=O) groups excluding carboxylic acids is 1. The maximum Gasteiger partial charge on any atom is 0.315 e. The van der Waals surface area contributed by atoms with E-state index < -0.39 is 27.9 Å². The van der Waals surface area contributed by atoms with Crippen molar-refractivity contribution in [3.63, 3.8) is 0 Å². The average Bonchev–Trinajstić information content (AvgIpc) is 2.18. The summed E-state index contributed by atoms with van der Waals surface area (Å²) < 4.78 is 22.2. The van der Waals surface area contributed by atoms with Gasteiger partial charge in [0.25, 0.3) is 0 Å². The van der Waals surface area contributed by atoms with Gasteiger partial charge < -0.3 is 15.7 Å². The average molecular weight is 306 g/mol. The molecule has 0 radical (unpaired) electrons. The van der Waals surface area contributed by atoms with Gasteiger partial charge in [-0.3, -0.25) is 4.79 Å². The molecular formula is C12H22N2O5S. The summed E-state index contributed by atoms with van der Waals surface area (Å²) in [7, 11) is -3.14. The van der Waals surface area contributed by atoms with Crippen LogP contribution < -0.4 is 10.6 Å². The molecule has 1 unspecified atom stereocenters. The summed E-state index contributed by atoms with van der Waals surface area (Å²) in [6.07, 6.45) is 3.71. The van der Waals surface area contributed by atoms with Gasteiger partial charge in [0.05, 0.1) is 12.2 Å². The number of urea groups is 1. The van der Waals surface area contributed by atoms with Crippen molar-refractivity contribution in [3.8, 4) is 0 Å². The minimum absolute atomic E-state index is 0.0478. The van der Waals surface area contributed by atoms with Crippen LogP contribution in [0.5, 0.6) is 0 Å². The molecular weight excluding hydrogens is 284 g/mol. The lowest BCUT2D eigenvalue weighted by molar-refractivity contribution is -0.141. The van der Waals surface area contributed by atoms with Crippen LogP contribution in [0.3, 0.4) is 0 Å². The minimum Gasteiger partial charge on any atom is -0.481 e. The first-order valence-corrected chi connectivity index (χ1v) is 8.62. The molecule has 1 aliphatic rings. The summed E-state index contributed by atoms with van der Waals surface area (Å²) in [4.78, 5) is 22.4. The largest absolute Gasteiger partial charge is 0.481 e. The third kappa shape index (κ3) is 5.77. The topological polar surface area (TPSA) is 113 Å². The Bertz CT molecular complexity index is 470. The molecule has 1 atom stereocenters. The molecule has 0 bridgehead atoms. The monoisotopic (exact) mass is 306 g/mol. The van der Waals surface area contributed by atoms with Gasteiger partial charge in [0.1, 0.15) is 9.84 Å². The van der Waals surface area contributed by atoms with Crippen molar-refractivity contribution in [2.24, 2.45) is 5.41 Å². The Kier molecular flexibility index (Phi) is 5.38. The van der Waals surface area contributed by atoms with Crippen molar-refractivity contribution in [2.45, 2.75) is 38.6 Å². The Morgan fingerprint density at radius 3 is 2.35 bits per heavy atom. The van der Waals surface area contributed by atoms with E-state index in [0.717, 1.165) is 25.5 Å². The predicted molar refractivity (Wildman–Crippen MR) is 74.2 cm³/mol. The fourth-order valence-corrected chi connectivity index (χ4v) is 3.44. The summed E-state index contributed by atoms with van der Waals surface area (Å²) in [6, 6.07) is -0.945. The Hall–Kier alpha value is -1.31. The molecule has 0 spiro atoms. The van der Waals surface area contributed by atoms with Crippen molar-refractivity contribution in [3.05, 3.63) is 0 Å². The lowest BCUT2D eigenvalue weighted by Gasteiger charge is -2.40. The Balaban J connectivity index is 2.37. The number of amides is 2. The quantitative estimate of drug-likeness (QED) is 0.629. The van der Waals surface area contributed by atoms with Crippen molar-refractivity contribution in [1.82, 2.24) is 10.6 Å². The molecule has 0 aliphatic heterocycles. The third-order valence-electron chi connectivity index (χ3n) is 3.49. The molecule has 0 aromatic rings. The van der Waals surface area contributed by atoms with Crippen molar-refractivity contribution >= 4 is 21.8 Å². The van der Waals surface area contributed by atoms with Gasteiger partial charge in [-0.25, -0.2) is 13.2 Å². The number of rotatable bonds is 7.